The van der Waals surface area contributed by atoms with Crippen LogP contribution in [-0.2, 0) is 4.79 Å². The lowest BCUT2D eigenvalue weighted by molar-refractivity contribution is -0.122. The largest absolute Gasteiger partial charge is 0.396 e. The molecule has 2 nitrogen and oxygen atoms in total. The molecule has 3 fully saturated rings. The van der Waals surface area contributed by atoms with Crippen molar-refractivity contribution >= 4 is 5.78 Å². The van der Waals surface area contributed by atoms with Gasteiger partial charge >= 0.3 is 0 Å². The number of fused-ring (bicyclic) bond motifs is 5. The fourth-order valence-electron chi connectivity index (χ4n) is 6.89. The third-order valence-electron chi connectivity index (χ3n) is 8.35. The fraction of sp³-hybridized carbons (Fsp3) is 0.850. The van der Waals surface area contributed by atoms with Crippen molar-refractivity contribution in [3.8, 4) is 0 Å². The molecule has 0 bridgehead atoms. The maximum atomic E-state index is 11.9. The quantitative estimate of drug-likeness (QED) is 0.740. The van der Waals surface area contributed by atoms with Crippen molar-refractivity contribution in [1.82, 2.24) is 0 Å². The Labute approximate surface area is 134 Å². The number of allylic oxidation sites excluding steroid dienone is 2. The monoisotopic (exact) mass is 302 g/mol. The second-order valence-corrected chi connectivity index (χ2v) is 8.98. The van der Waals surface area contributed by atoms with Gasteiger partial charge in [-0.2, -0.15) is 0 Å². The van der Waals surface area contributed by atoms with Crippen molar-refractivity contribution in [2.24, 2.45) is 34.5 Å². The number of aliphatic hydroxyl groups is 1. The highest BCUT2D eigenvalue weighted by Crippen LogP contribution is 2.65. The van der Waals surface area contributed by atoms with Gasteiger partial charge < -0.3 is 5.11 Å². The smallest absolute Gasteiger partial charge is 0.136 e. The summed E-state index contributed by atoms with van der Waals surface area (Å²) in [7, 11) is 0. The number of aliphatic hydroxyl groups excluding tert-OH is 1. The molecule has 4 aliphatic carbocycles. The Morgan fingerprint density at radius 1 is 1.18 bits per heavy atom. The molecule has 0 aliphatic heterocycles. The Morgan fingerprint density at radius 3 is 2.77 bits per heavy atom. The molecule has 22 heavy (non-hydrogen) atoms. The van der Waals surface area contributed by atoms with Crippen LogP contribution in [0.25, 0.3) is 0 Å². The van der Waals surface area contributed by atoms with Crippen molar-refractivity contribution in [1.29, 1.82) is 0 Å². The molecule has 122 valence electrons. The van der Waals surface area contributed by atoms with Gasteiger partial charge in [-0.3, -0.25) is 4.79 Å². The van der Waals surface area contributed by atoms with Crippen LogP contribution in [0.15, 0.2) is 11.6 Å². The summed E-state index contributed by atoms with van der Waals surface area (Å²) in [6.07, 6.45) is 11.3. The SMILES string of the molecule is C[C@]12CC[C@H]3[C@@H](CC=C4CC(=O)CC[C@@]43C)[C@@H]1CC[C@@H]2CO. The molecule has 4 aliphatic rings. The van der Waals surface area contributed by atoms with Gasteiger partial charge in [-0.1, -0.05) is 25.5 Å². The molecule has 0 radical (unpaired) electrons. The molecule has 6 atom stereocenters. The highest BCUT2D eigenvalue weighted by molar-refractivity contribution is 5.82. The Bertz CT molecular complexity index is 522. The molecular formula is C20H30O2. The molecule has 0 unspecified atom stereocenters. The number of ketones is 1. The summed E-state index contributed by atoms with van der Waals surface area (Å²) in [6, 6.07) is 0. The van der Waals surface area contributed by atoms with Gasteiger partial charge in [-0.05, 0) is 73.0 Å². The van der Waals surface area contributed by atoms with Crippen LogP contribution < -0.4 is 0 Å². The Kier molecular flexibility index (Phi) is 3.35. The number of carbonyl (C=O) groups is 1. The molecule has 0 aromatic rings. The Hall–Kier alpha value is -0.630. The lowest BCUT2D eigenvalue weighted by atomic mass is 9.47. The number of hydrogen-bond donors (Lipinski definition) is 1. The van der Waals surface area contributed by atoms with Crippen LogP contribution in [0, 0.1) is 34.5 Å². The average Bonchev–Trinajstić information content (AvgIpc) is 2.84. The zero-order valence-electron chi connectivity index (χ0n) is 14.1. The van der Waals surface area contributed by atoms with Gasteiger partial charge in [-0.25, -0.2) is 0 Å². The van der Waals surface area contributed by atoms with Crippen LogP contribution in [0.1, 0.15) is 65.2 Å². The summed E-state index contributed by atoms with van der Waals surface area (Å²) in [4.78, 5) is 11.9. The molecule has 0 saturated heterocycles. The molecule has 0 heterocycles. The van der Waals surface area contributed by atoms with E-state index in [0.717, 1.165) is 37.0 Å². The van der Waals surface area contributed by atoms with Gasteiger partial charge in [-0.15, -0.1) is 0 Å². The predicted molar refractivity (Wildman–Crippen MR) is 87.3 cm³/mol. The van der Waals surface area contributed by atoms with Gasteiger partial charge in [0.15, 0.2) is 0 Å². The van der Waals surface area contributed by atoms with E-state index in [1.54, 1.807) is 0 Å². The van der Waals surface area contributed by atoms with Gasteiger partial charge in [0.1, 0.15) is 5.78 Å². The molecule has 0 amide bonds. The lowest BCUT2D eigenvalue weighted by Crippen LogP contribution is -2.50. The maximum Gasteiger partial charge on any atom is 0.136 e. The van der Waals surface area contributed by atoms with Crippen molar-refractivity contribution < 1.29 is 9.90 Å². The highest BCUT2D eigenvalue weighted by Gasteiger charge is 2.58. The van der Waals surface area contributed by atoms with E-state index in [0.29, 0.717) is 23.7 Å². The van der Waals surface area contributed by atoms with Crippen molar-refractivity contribution in [2.75, 3.05) is 6.61 Å². The zero-order chi connectivity index (χ0) is 15.5. The topological polar surface area (TPSA) is 37.3 Å². The first-order valence-corrected chi connectivity index (χ1v) is 9.31. The van der Waals surface area contributed by atoms with E-state index in [9.17, 15) is 9.90 Å². The molecule has 0 aromatic heterocycles. The van der Waals surface area contributed by atoms with Gasteiger partial charge in [0.2, 0.25) is 0 Å². The first-order chi connectivity index (χ1) is 10.5. The minimum atomic E-state index is 0.287. The van der Waals surface area contributed by atoms with E-state index in [-0.39, 0.29) is 5.41 Å². The normalized spacial score (nSPS) is 50.9. The van der Waals surface area contributed by atoms with Crippen LogP contribution in [-0.4, -0.2) is 17.5 Å². The lowest BCUT2D eigenvalue weighted by Gasteiger charge is -2.57. The van der Waals surface area contributed by atoms with Crippen LogP contribution in [0.4, 0.5) is 0 Å². The first-order valence-electron chi connectivity index (χ1n) is 9.31. The van der Waals surface area contributed by atoms with Crippen molar-refractivity contribution in [3.63, 3.8) is 0 Å². The van der Waals surface area contributed by atoms with E-state index in [4.69, 9.17) is 0 Å². The predicted octanol–water partition coefficient (Wildman–Crippen LogP) is 4.13. The summed E-state index contributed by atoms with van der Waals surface area (Å²) < 4.78 is 0. The second kappa shape index (κ2) is 4.93. The standard InChI is InChI=1S/C20H30O2/c1-19-9-7-15(22)11-13(19)3-5-16-17-6-4-14(12-21)20(17,2)10-8-18(16)19/h3,14,16-18,21H,4-12H2,1-2H3/t14-,16+,17+,18+,19+,20-/m1/s1. The third-order valence-corrected chi connectivity index (χ3v) is 8.35. The molecule has 4 rings (SSSR count). The summed E-state index contributed by atoms with van der Waals surface area (Å²) in [5.74, 6) is 3.32. The number of hydrogen-bond acceptors (Lipinski definition) is 2. The van der Waals surface area contributed by atoms with Crippen LogP contribution in [0.3, 0.4) is 0 Å². The van der Waals surface area contributed by atoms with Gasteiger partial charge in [0, 0.05) is 19.4 Å². The molecule has 3 saturated carbocycles. The van der Waals surface area contributed by atoms with E-state index in [2.05, 4.69) is 19.9 Å². The molecule has 2 heteroatoms. The highest BCUT2D eigenvalue weighted by atomic mass is 16.3. The molecule has 0 aromatic carbocycles. The van der Waals surface area contributed by atoms with Gasteiger partial charge in [0.25, 0.3) is 0 Å². The second-order valence-electron chi connectivity index (χ2n) is 8.98. The number of carbonyl (C=O) groups excluding carboxylic acids is 1. The molecule has 1 N–H and O–H groups in total. The minimum absolute atomic E-state index is 0.287. The first kappa shape index (κ1) is 14.9. The summed E-state index contributed by atoms with van der Waals surface area (Å²) in [6.45, 7) is 5.27. The van der Waals surface area contributed by atoms with Crippen molar-refractivity contribution in [2.45, 2.75) is 65.2 Å². The summed E-state index contributed by atoms with van der Waals surface area (Å²) in [5, 5.41) is 9.78. The molecular weight excluding hydrogens is 272 g/mol. The third kappa shape index (κ3) is 1.85. The summed E-state index contributed by atoms with van der Waals surface area (Å²) >= 11 is 0. The number of rotatable bonds is 1. The van der Waals surface area contributed by atoms with E-state index >= 15 is 0 Å². The molecule has 0 spiro atoms. The van der Waals surface area contributed by atoms with Crippen LogP contribution in [0.2, 0.25) is 0 Å². The summed E-state index contributed by atoms with van der Waals surface area (Å²) in [5.41, 5.74) is 2.11. The van der Waals surface area contributed by atoms with Crippen LogP contribution in [0.5, 0.6) is 0 Å². The average molecular weight is 302 g/mol. The Morgan fingerprint density at radius 2 is 2.00 bits per heavy atom. The Balaban J connectivity index is 1.67. The van der Waals surface area contributed by atoms with Crippen molar-refractivity contribution in [3.05, 3.63) is 11.6 Å². The van der Waals surface area contributed by atoms with Gasteiger partial charge in [0.05, 0.1) is 0 Å². The minimum Gasteiger partial charge on any atom is -0.396 e. The van der Waals surface area contributed by atoms with E-state index in [1.165, 1.54) is 37.7 Å². The fourth-order valence-corrected chi connectivity index (χ4v) is 6.89. The van der Waals surface area contributed by atoms with E-state index < -0.39 is 0 Å². The van der Waals surface area contributed by atoms with E-state index in [1.807, 2.05) is 0 Å². The zero-order valence-corrected chi connectivity index (χ0v) is 14.1. The van der Waals surface area contributed by atoms with Crippen LogP contribution >= 0.6 is 0 Å². The number of Topliss-reactive ketones (excluding diaryl/α,β-unsaturated/α-hetero) is 1. The maximum absolute atomic E-state index is 11.9.